The average molecular weight is 389 g/mol. The summed E-state index contributed by atoms with van der Waals surface area (Å²) in [4.78, 5) is 40.3. The highest BCUT2D eigenvalue weighted by Crippen LogP contribution is 2.24. The van der Waals surface area contributed by atoms with Gasteiger partial charge in [0.2, 0.25) is 11.8 Å². The molecule has 28 heavy (non-hydrogen) atoms. The molecule has 0 aliphatic carbocycles. The Kier molecular flexibility index (Phi) is 6.65. The molecule has 6 nitrogen and oxygen atoms in total. The molecule has 7 heteroatoms. The molecule has 2 heterocycles. The van der Waals surface area contributed by atoms with Gasteiger partial charge in [0.1, 0.15) is 5.82 Å². The number of rotatable bonds is 3. The van der Waals surface area contributed by atoms with Gasteiger partial charge in [-0.3, -0.25) is 14.4 Å². The molecule has 2 fully saturated rings. The molecule has 0 aromatic heterocycles. The number of piperidine rings is 1. The normalized spacial score (nSPS) is 18.5. The zero-order chi connectivity index (χ0) is 20.1. The number of amides is 3. The molecule has 1 N–H and O–H groups in total. The zero-order valence-electron chi connectivity index (χ0n) is 16.4. The third-order valence-electron chi connectivity index (χ3n) is 5.57. The molecule has 0 unspecified atom stereocenters. The average Bonchev–Trinajstić information content (AvgIpc) is 2.97. The Morgan fingerprint density at radius 2 is 1.61 bits per heavy atom. The van der Waals surface area contributed by atoms with Gasteiger partial charge in [0.05, 0.1) is 5.56 Å². The van der Waals surface area contributed by atoms with Crippen LogP contribution in [0.4, 0.5) is 10.1 Å². The van der Waals surface area contributed by atoms with Gasteiger partial charge in [-0.25, -0.2) is 4.39 Å². The largest absolute Gasteiger partial charge is 0.342 e. The minimum atomic E-state index is -0.609. The Balaban J connectivity index is 1.60. The number of nitrogens with zero attached hydrogens (tertiary/aromatic N) is 2. The SMILES string of the molecule is CC(=O)Nc1ccc(F)c(C(=O)N2CCC(C(=O)N3CCCCCC3)CC2)c1. The predicted octanol–water partition coefficient (Wildman–Crippen LogP) is 3.04. The lowest BCUT2D eigenvalue weighted by molar-refractivity contribution is -0.136. The number of likely N-dealkylation sites (tertiary alicyclic amines) is 2. The first-order valence-corrected chi connectivity index (χ1v) is 10.1. The van der Waals surface area contributed by atoms with Crippen molar-refractivity contribution in [3.8, 4) is 0 Å². The Bertz CT molecular complexity index is 736. The zero-order valence-corrected chi connectivity index (χ0v) is 16.4. The van der Waals surface area contributed by atoms with E-state index in [1.54, 1.807) is 4.90 Å². The molecule has 0 radical (unpaired) electrons. The van der Waals surface area contributed by atoms with Crippen LogP contribution in [-0.2, 0) is 9.59 Å². The molecular formula is C21H28FN3O3. The van der Waals surface area contributed by atoms with E-state index in [0.29, 0.717) is 31.6 Å². The van der Waals surface area contributed by atoms with Crippen LogP contribution in [0.25, 0.3) is 0 Å². The van der Waals surface area contributed by atoms with Gasteiger partial charge in [-0.1, -0.05) is 12.8 Å². The Hall–Kier alpha value is -2.44. The second-order valence-corrected chi connectivity index (χ2v) is 7.68. The highest BCUT2D eigenvalue weighted by molar-refractivity contribution is 5.97. The van der Waals surface area contributed by atoms with E-state index in [0.717, 1.165) is 25.9 Å². The summed E-state index contributed by atoms with van der Waals surface area (Å²) in [7, 11) is 0. The second kappa shape index (κ2) is 9.17. The van der Waals surface area contributed by atoms with Crippen molar-refractivity contribution in [2.24, 2.45) is 5.92 Å². The highest BCUT2D eigenvalue weighted by atomic mass is 19.1. The van der Waals surface area contributed by atoms with Crippen molar-refractivity contribution < 1.29 is 18.8 Å². The summed E-state index contributed by atoms with van der Waals surface area (Å²) in [5.74, 6) is -1.14. The van der Waals surface area contributed by atoms with Gasteiger partial charge in [-0.2, -0.15) is 0 Å². The van der Waals surface area contributed by atoms with Crippen LogP contribution >= 0.6 is 0 Å². The van der Waals surface area contributed by atoms with Crippen LogP contribution in [0, 0.1) is 11.7 Å². The number of carbonyl (C=O) groups excluding carboxylic acids is 3. The van der Waals surface area contributed by atoms with E-state index in [4.69, 9.17) is 0 Å². The van der Waals surface area contributed by atoms with Crippen molar-refractivity contribution in [1.29, 1.82) is 0 Å². The van der Waals surface area contributed by atoms with Crippen LogP contribution in [0.1, 0.15) is 55.8 Å². The molecule has 0 spiro atoms. The minimum absolute atomic E-state index is 0.0523. The summed E-state index contributed by atoms with van der Waals surface area (Å²) in [5.41, 5.74) is 0.340. The summed E-state index contributed by atoms with van der Waals surface area (Å²) in [6.07, 6.45) is 5.70. The first kappa shape index (κ1) is 20.3. The Morgan fingerprint density at radius 1 is 0.964 bits per heavy atom. The molecule has 0 bridgehead atoms. The van der Waals surface area contributed by atoms with Crippen molar-refractivity contribution in [1.82, 2.24) is 9.80 Å². The van der Waals surface area contributed by atoms with Gasteiger partial charge in [-0.05, 0) is 43.9 Å². The molecular weight excluding hydrogens is 361 g/mol. The minimum Gasteiger partial charge on any atom is -0.342 e. The molecule has 0 saturated carbocycles. The van der Waals surface area contributed by atoms with E-state index >= 15 is 0 Å². The molecule has 3 rings (SSSR count). The van der Waals surface area contributed by atoms with Gasteiger partial charge in [0.25, 0.3) is 5.91 Å². The fourth-order valence-electron chi connectivity index (χ4n) is 4.02. The van der Waals surface area contributed by atoms with Crippen LogP contribution in [0.5, 0.6) is 0 Å². The Labute approximate surface area is 165 Å². The first-order valence-electron chi connectivity index (χ1n) is 10.1. The van der Waals surface area contributed by atoms with Gasteiger partial charge in [0, 0.05) is 44.7 Å². The van der Waals surface area contributed by atoms with Crippen molar-refractivity contribution >= 4 is 23.4 Å². The van der Waals surface area contributed by atoms with E-state index in [2.05, 4.69) is 5.32 Å². The number of hydrogen-bond donors (Lipinski definition) is 1. The Morgan fingerprint density at radius 3 is 2.21 bits per heavy atom. The standard InChI is InChI=1S/C21H28FN3O3/c1-15(26)23-17-6-7-19(22)18(14-17)21(28)25-12-8-16(9-13-25)20(27)24-10-4-2-3-5-11-24/h6-7,14,16H,2-5,8-13H2,1H3,(H,23,26). The van der Waals surface area contributed by atoms with Crippen LogP contribution in [0.2, 0.25) is 0 Å². The summed E-state index contributed by atoms with van der Waals surface area (Å²) >= 11 is 0. The summed E-state index contributed by atoms with van der Waals surface area (Å²) in [6, 6.07) is 3.99. The number of halogens is 1. The molecule has 3 amide bonds. The summed E-state index contributed by atoms with van der Waals surface area (Å²) < 4.78 is 14.2. The van der Waals surface area contributed by atoms with Crippen molar-refractivity contribution in [3.05, 3.63) is 29.6 Å². The molecule has 2 saturated heterocycles. The number of hydrogen-bond acceptors (Lipinski definition) is 3. The molecule has 0 atom stereocenters. The van der Waals surface area contributed by atoms with Crippen LogP contribution in [0.3, 0.4) is 0 Å². The fraction of sp³-hybridized carbons (Fsp3) is 0.571. The van der Waals surface area contributed by atoms with E-state index in [9.17, 15) is 18.8 Å². The number of nitrogens with one attached hydrogen (secondary N) is 1. The van der Waals surface area contributed by atoms with E-state index < -0.39 is 11.7 Å². The third kappa shape index (κ3) is 4.88. The number of anilines is 1. The van der Waals surface area contributed by atoms with E-state index in [1.165, 1.54) is 38.0 Å². The smallest absolute Gasteiger partial charge is 0.256 e. The maximum Gasteiger partial charge on any atom is 0.256 e. The van der Waals surface area contributed by atoms with Gasteiger partial charge >= 0.3 is 0 Å². The highest BCUT2D eigenvalue weighted by Gasteiger charge is 2.31. The second-order valence-electron chi connectivity index (χ2n) is 7.68. The van der Waals surface area contributed by atoms with Crippen LogP contribution < -0.4 is 5.32 Å². The van der Waals surface area contributed by atoms with Crippen LogP contribution in [-0.4, -0.2) is 53.7 Å². The lowest BCUT2D eigenvalue weighted by Gasteiger charge is -2.34. The van der Waals surface area contributed by atoms with Crippen LogP contribution in [0.15, 0.2) is 18.2 Å². The monoisotopic (exact) mass is 389 g/mol. The van der Waals surface area contributed by atoms with Gasteiger partial charge in [-0.15, -0.1) is 0 Å². The molecule has 2 aliphatic heterocycles. The fourth-order valence-corrected chi connectivity index (χ4v) is 4.02. The topological polar surface area (TPSA) is 69.7 Å². The molecule has 2 aliphatic rings. The lowest BCUT2D eigenvalue weighted by atomic mass is 9.94. The van der Waals surface area contributed by atoms with Crippen molar-refractivity contribution in [2.75, 3.05) is 31.5 Å². The summed E-state index contributed by atoms with van der Waals surface area (Å²) in [6.45, 7) is 3.90. The maximum atomic E-state index is 14.2. The quantitative estimate of drug-likeness (QED) is 0.864. The van der Waals surface area contributed by atoms with Gasteiger partial charge < -0.3 is 15.1 Å². The van der Waals surface area contributed by atoms with Crippen molar-refractivity contribution in [3.63, 3.8) is 0 Å². The number of carbonyl (C=O) groups is 3. The van der Waals surface area contributed by atoms with Crippen molar-refractivity contribution in [2.45, 2.75) is 45.4 Å². The molecule has 1 aromatic rings. The first-order chi connectivity index (χ1) is 13.5. The third-order valence-corrected chi connectivity index (χ3v) is 5.57. The molecule has 1 aromatic carbocycles. The maximum absolute atomic E-state index is 14.2. The van der Waals surface area contributed by atoms with Gasteiger partial charge in [0.15, 0.2) is 0 Å². The number of benzene rings is 1. The summed E-state index contributed by atoms with van der Waals surface area (Å²) in [5, 5.41) is 2.57. The van der Waals surface area contributed by atoms with E-state index in [-0.39, 0.29) is 23.3 Å². The molecule has 152 valence electrons. The predicted molar refractivity (Wildman–Crippen MR) is 104 cm³/mol. The van der Waals surface area contributed by atoms with E-state index in [1.807, 2.05) is 4.90 Å². The lowest BCUT2D eigenvalue weighted by Crippen LogP contribution is -2.44.